The molecule has 8 heteroatoms. The second kappa shape index (κ2) is 7.31. The van der Waals surface area contributed by atoms with Gasteiger partial charge in [0.1, 0.15) is 5.75 Å². The molecule has 1 aromatic carbocycles. The van der Waals surface area contributed by atoms with Crippen LogP contribution in [0.1, 0.15) is 6.92 Å². The number of alkyl halides is 3. The molecule has 0 saturated carbocycles. The first kappa shape index (κ1) is 17.7. The van der Waals surface area contributed by atoms with E-state index in [1.54, 1.807) is 30.5 Å². The molecule has 0 saturated heterocycles. The number of pyridine rings is 1. The summed E-state index contributed by atoms with van der Waals surface area (Å²) in [5, 5.41) is 2.47. The van der Waals surface area contributed by atoms with Crippen LogP contribution in [0.3, 0.4) is 0 Å². The number of nitrogens with one attached hydrogen (secondary N) is 1. The molecule has 1 aromatic heterocycles. The highest BCUT2D eigenvalue weighted by atomic mass is 19.4. The summed E-state index contributed by atoms with van der Waals surface area (Å²) in [5.74, 6) is -0.633. The molecule has 3 N–H and O–H groups in total. The zero-order valence-electron chi connectivity index (χ0n) is 12.8. The average molecular weight is 339 g/mol. The molecular formula is C16H16F3N3O2. The van der Waals surface area contributed by atoms with Crippen LogP contribution in [0.4, 0.5) is 18.9 Å². The van der Waals surface area contributed by atoms with Gasteiger partial charge in [-0.05, 0) is 37.3 Å². The second-order valence-corrected chi connectivity index (χ2v) is 5.11. The predicted molar refractivity (Wildman–Crippen MR) is 83.5 cm³/mol. The van der Waals surface area contributed by atoms with E-state index in [0.717, 1.165) is 0 Å². The van der Waals surface area contributed by atoms with Crippen molar-refractivity contribution < 1.29 is 22.7 Å². The SMILES string of the molecule is CC(N)C(=O)Nc1cc(-c2ccccn2)ccc1OCC(F)(F)F. The summed E-state index contributed by atoms with van der Waals surface area (Å²) < 4.78 is 41.9. The van der Waals surface area contributed by atoms with Gasteiger partial charge in [-0.3, -0.25) is 9.78 Å². The molecule has 0 fully saturated rings. The summed E-state index contributed by atoms with van der Waals surface area (Å²) in [7, 11) is 0. The molecule has 128 valence electrons. The Balaban J connectivity index is 2.34. The van der Waals surface area contributed by atoms with Crippen molar-refractivity contribution in [3.63, 3.8) is 0 Å². The van der Waals surface area contributed by atoms with Gasteiger partial charge in [0.25, 0.3) is 0 Å². The van der Waals surface area contributed by atoms with Crippen molar-refractivity contribution in [3.8, 4) is 17.0 Å². The van der Waals surface area contributed by atoms with E-state index >= 15 is 0 Å². The van der Waals surface area contributed by atoms with E-state index in [9.17, 15) is 18.0 Å². The van der Waals surface area contributed by atoms with E-state index in [-0.39, 0.29) is 11.4 Å². The fourth-order valence-corrected chi connectivity index (χ4v) is 1.85. The number of aromatic nitrogens is 1. The molecule has 1 heterocycles. The van der Waals surface area contributed by atoms with Gasteiger partial charge in [-0.2, -0.15) is 13.2 Å². The third kappa shape index (κ3) is 4.95. The summed E-state index contributed by atoms with van der Waals surface area (Å²) in [6, 6.07) is 8.85. The third-order valence-corrected chi connectivity index (χ3v) is 3.00. The number of carbonyl (C=O) groups is 1. The van der Waals surface area contributed by atoms with E-state index in [0.29, 0.717) is 11.3 Å². The van der Waals surface area contributed by atoms with Crippen LogP contribution >= 0.6 is 0 Å². The lowest BCUT2D eigenvalue weighted by molar-refractivity contribution is -0.153. The first-order valence-corrected chi connectivity index (χ1v) is 7.08. The largest absolute Gasteiger partial charge is 0.482 e. The van der Waals surface area contributed by atoms with Gasteiger partial charge in [0.05, 0.1) is 17.4 Å². The lowest BCUT2D eigenvalue weighted by atomic mass is 10.1. The van der Waals surface area contributed by atoms with Gasteiger partial charge in [-0.25, -0.2) is 0 Å². The first-order chi connectivity index (χ1) is 11.3. The highest BCUT2D eigenvalue weighted by molar-refractivity contribution is 5.96. The van der Waals surface area contributed by atoms with Crippen molar-refractivity contribution >= 4 is 11.6 Å². The second-order valence-electron chi connectivity index (χ2n) is 5.11. The number of hydrogen-bond donors (Lipinski definition) is 2. The van der Waals surface area contributed by atoms with E-state index in [2.05, 4.69) is 10.3 Å². The Bertz CT molecular complexity index is 703. The first-order valence-electron chi connectivity index (χ1n) is 7.08. The smallest absolute Gasteiger partial charge is 0.422 e. The Hall–Kier alpha value is -2.61. The summed E-state index contributed by atoms with van der Waals surface area (Å²) >= 11 is 0. The Morgan fingerprint density at radius 3 is 2.67 bits per heavy atom. The molecule has 2 rings (SSSR count). The maximum absolute atomic E-state index is 12.4. The fraction of sp³-hybridized carbons (Fsp3) is 0.250. The average Bonchev–Trinajstić information content (AvgIpc) is 2.53. The van der Waals surface area contributed by atoms with Gasteiger partial charge in [0, 0.05) is 11.8 Å². The Morgan fingerprint density at radius 2 is 2.08 bits per heavy atom. The summed E-state index contributed by atoms with van der Waals surface area (Å²) in [4.78, 5) is 15.9. The van der Waals surface area contributed by atoms with Crippen LogP contribution in [0, 0.1) is 0 Å². The third-order valence-electron chi connectivity index (χ3n) is 3.00. The van der Waals surface area contributed by atoms with Gasteiger partial charge in [0.15, 0.2) is 6.61 Å². The normalized spacial score (nSPS) is 12.5. The van der Waals surface area contributed by atoms with Crippen LogP contribution in [0.25, 0.3) is 11.3 Å². The van der Waals surface area contributed by atoms with E-state index < -0.39 is 24.7 Å². The topological polar surface area (TPSA) is 77.2 Å². The Kier molecular flexibility index (Phi) is 5.40. The zero-order chi connectivity index (χ0) is 17.7. The number of nitrogens with zero attached hydrogens (tertiary/aromatic N) is 1. The van der Waals surface area contributed by atoms with Crippen molar-refractivity contribution in [3.05, 3.63) is 42.6 Å². The standard InChI is InChI=1S/C16H16F3N3O2/c1-10(20)15(23)22-13-8-11(12-4-2-3-7-21-12)5-6-14(13)24-9-16(17,18)19/h2-8,10H,9,20H2,1H3,(H,22,23). The molecule has 0 radical (unpaired) electrons. The summed E-state index contributed by atoms with van der Waals surface area (Å²) in [6.45, 7) is 0.00512. The van der Waals surface area contributed by atoms with Gasteiger partial charge in [-0.15, -0.1) is 0 Å². The minimum absolute atomic E-state index is 0.0963. The number of nitrogens with two attached hydrogens (primary N) is 1. The zero-order valence-corrected chi connectivity index (χ0v) is 12.8. The molecular weight excluding hydrogens is 323 g/mol. The maximum Gasteiger partial charge on any atom is 0.422 e. The van der Waals surface area contributed by atoms with Crippen molar-refractivity contribution in [1.29, 1.82) is 0 Å². The number of benzene rings is 1. The van der Waals surface area contributed by atoms with Crippen LogP contribution in [-0.4, -0.2) is 29.7 Å². The fourth-order valence-electron chi connectivity index (χ4n) is 1.85. The Morgan fingerprint density at radius 1 is 1.33 bits per heavy atom. The molecule has 5 nitrogen and oxygen atoms in total. The number of halogens is 3. The highest BCUT2D eigenvalue weighted by Crippen LogP contribution is 2.31. The molecule has 1 atom stereocenters. The molecule has 0 aliphatic carbocycles. The van der Waals surface area contributed by atoms with Crippen molar-refractivity contribution in [1.82, 2.24) is 4.98 Å². The maximum atomic E-state index is 12.4. The molecule has 24 heavy (non-hydrogen) atoms. The molecule has 2 aromatic rings. The van der Waals surface area contributed by atoms with Crippen LogP contribution in [0.5, 0.6) is 5.75 Å². The van der Waals surface area contributed by atoms with Gasteiger partial charge < -0.3 is 15.8 Å². The number of carbonyl (C=O) groups excluding carboxylic acids is 1. The molecule has 0 aliphatic rings. The number of anilines is 1. The summed E-state index contributed by atoms with van der Waals surface area (Å²) in [5.41, 5.74) is 6.81. The predicted octanol–water partition coefficient (Wildman–Crippen LogP) is 2.98. The highest BCUT2D eigenvalue weighted by Gasteiger charge is 2.29. The van der Waals surface area contributed by atoms with Crippen molar-refractivity contribution in [2.45, 2.75) is 19.1 Å². The quantitative estimate of drug-likeness (QED) is 0.878. The number of rotatable bonds is 5. The van der Waals surface area contributed by atoms with Crippen molar-refractivity contribution in [2.75, 3.05) is 11.9 Å². The molecule has 1 amide bonds. The van der Waals surface area contributed by atoms with Crippen molar-refractivity contribution in [2.24, 2.45) is 5.73 Å². The van der Waals surface area contributed by atoms with Gasteiger partial charge in [-0.1, -0.05) is 6.07 Å². The number of hydrogen-bond acceptors (Lipinski definition) is 4. The lowest BCUT2D eigenvalue weighted by Crippen LogP contribution is -2.32. The van der Waals surface area contributed by atoms with Gasteiger partial charge in [0.2, 0.25) is 5.91 Å². The number of amides is 1. The van der Waals surface area contributed by atoms with Crippen LogP contribution in [0.15, 0.2) is 42.6 Å². The lowest BCUT2D eigenvalue weighted by Gasteiger charge is -2.16. The minimum Gasteiger partial charge on any atom is -0.482 e. The molecule has 0 aliphatic heterocycles. The van der Waals surface area contributed by atoms with E-state index in [4.69, 9.17) is 10.5 Å². The van der Waals surface area contributed by atoms with Gasteiger partial charge >= 0.3 is 6.18 Å². The number of ether oxygens (including phenoxy) is 1. The van der Waals surface area contributed by atoms with E-state index in [1.807, 2.05) is 0 Å². The van der Waals surface area contributed by atoms with E-state index in [1.165, 1.54) is 19.1 Å². The molecule has 0 bridgehead atoms. The minimum atomic E-state index is -4.48. The molecule has 1 unspecified atom stereocenters. The monoisotopic (exact) mass is 339 g/mol. The summed E-state index contributed by atoms with van der Waals surface area (Å²) in [6.07, 6.45) is -2.90. The van der Waals surface area contributed by atoms with Crippen LogP contribution in [-0.2, 0) is 4.79 Å². The van der Waals surface area contributed by atoms with Crippen LogP contribution in [0.2, 0.25) is 0 Å². The molecule has 0 spiro atoms. The Labute approximate surface area is 136 Å². The van der Waals surface area contributed by atoms with Crippen LogP contribution < -0.4 is 15.8 Å².